The van der Waals surface area contributed by atoms with Crippen LogP contribution >= 0.6 is 15.9 Å². The third kappa shape index (κ3) is 3.72. The number of phenols is 1. The van der Waals surface area contributed by atoms with E-state index < -0.39 is 17.6 Å². The Kier molecular flexibility index (Phi) is 4.58. The summed E-state index contributed by atoms with van der Waals surface area (Å²) in [5.74, 6) is -1.55. The third-order valence-corrected chi connectivity index (χ3v) is 3.97. The van der Waals surface area contributed by atoms with Gasteiger partial charge in [0.05, 0.1) is 0 Å². The molecule has 25 heavy (non-hydrogen) atoms. The van der Waals surface area contributed by atoms with Crippen molar-refractivity contribution in [2.75, 3.05) is 5.32 Å². The minimum atomic E-state index is -1.25. The molecular formula is C18H12BrNO5. The lowest BCUT2D eigenvalue weighted by Gasteiger charge is -2.05. The highest BCUT2D eigenvalue weighted by atomic mass is 79.9. The SMILES string of the molecule is O=C(Nc1ccc(C(=O)O)c(O)c1)c1ccc(-c2ccc(Br)cc2)o1. The van der Waals surface area contributed by atoms with Gasteiger partial charge in [-0.25, -0.2) is 4.79 Å². The smallest absolute Gasteiger partial charge is 0.339 e. The van der Waals surface area contributed by atoms with Crippen LogP contribution in [-0.4, -0.2) is 22.1 Å². The summed E-state index contributed by atoms with van der Waals surface area (Å²) in [6, 6.07) is 14.4. The van der Waals surface area contributed by atoms with Gasteiger partial charge >= 0.3 is 5.97 Å². The highest BCUT2D eigenvalue weighted by Gasteiger charge is 2.15. The van der Waals surface area contributed by atoms with E-state index in [1.165, 1.54) is 24.3 Å². The number of hydrogen-bond acceptors (Lipinski definition) is 4. The van der Waals surface area contributed by atoms with Gasteiger partial charge < -0.3 is 19.9 Å². The number of rotatable bonds is 4. The molecule has 0 spiro atoms. The maximum atomic E-state index is 12.2. The van der Waals surface area contributed by atoms with Gasteiger partial charge in [-0.15, -0.1) is 0 Å². The van der Waals surface area contributed by atoms with Gasteiger partial charge in [-0.05, 0) is 36.4 Å². The Bertz CT molecular complexity index is 946. The lowest BCUT2D eigenvalue weighted by atomic mass is 10.2. The molecule has 0 radical (unpaired) electrons. The maximum Gasteiger partial charge on any atom is 0.339 e. The first-order chi connectivity index (χ1) is 11.9. The zero-order valence-electron chi connectivity index (χ0n) is 12.7. The van der Waals surface area contributed by atoms with Crippen molar-refractivity contribution in [1.29, 1.82) is 0 Å². The number of aromatic hydroxyl groups is 1. The number of furan rings is 1. The molecular weight excluding hydrogens is 390 g/mol. The monoisotopic (exact) mass is 401 g/mol. The number of halogens is 1. The topological polar surface area (TPSA) is 99.8 Å². The predicted molar refractivity (Wildman–Crippen MR) is 94.9 cm³/mol. The summed E-state index contributed by atoms with van der Waals surface area (Å²) in [6.45, 7) is 0. The molecule has 0 unspecified atom stereocenters. The molecule has 6 nitrogen and oxygen atoms in total. The standard InChI is InChI=1S/C18H12BrNO5/c19-11-3-1-10(2-4-11)15-7-8-16(25-15)17(22)20-12-5-6-13(18(23)24)14(21)9-12/h1-9,21H,(H,20,22)(H,23,24). The molecule has 0 atom stereocenters. The van der Waals surface area contributed by atoms with E-state index in [-0.39, 0.29) is 17.0 Å². The van der Waals surface area contributed by atoms with Crippen molar-refractivity contribution in [1.82, 2.24) is 0 Å². The molecule has 7 heteroatoms. The Morgan fingerprint density at radius 2 is 1.72 bits per heavy atom. The second-order valence-electron chi connectivity index (χ2n) is 5.16. The van der Waals surface area contributed by atoms with Gasteiger partial charge in [-0.2, -0.15) is 0 Å². The molecule has 0 saturated carbocycles. The van der Waals surface area contributed by atoms with Gasteiger partial charge in [0.25, 0.3) is 5.91 Å². The first kappa shape index (κ1) is 16.8. The van der Waals surface area contributed by atoms with Crippen LogP contribution in [0.2, 0.25) is 0 Å². The molecule has 3 aromatic rings. The number of hydrogen-bond donors (Lipinski definition) is 3. The molecule has 1 amide bonds. The van der Waals surface area contributed by atoms with E-state index in [4.69, 9.17) is 9.52 Å². The first-order valence-corrected chi connectivity index (χ1v) is 7.97. The molecule has 126 valence electrons. The number of carboxylic acids is 1. The zero-order valence-corrected chi connectivity index (χ0v) is 14.3. The van der Waals surface area contributed by atoms with Crippen LogP contribution in [-0.2, 0) is 0 Å². The molecule has 1 aromatic heterocycles. The second kappa shape index (κ2) is 6.82. The quantitative estimate of drug-likeness (QED) is 0.602. The minimum Gasteiger partial charge on any atom is -0.507 e. The van der Waals surface area contributed by atoms with Crippen molar-refractivity contribution < 1.29 is 24.2 Å². The lowest BCUT2D eigenvalue weighted by molar-refractivity contribution is 0.0693. The summed E-state index contributed by atoms with van der Waals surface area (Å²) < 4.78 is 6.49. The Hall–Kier alpha value is -3.06. The average Bonchev–Trinajstić information content (AvgIpc) is 3.05. The van der Waals surface area contributed by atoms with Crippen LogP contribution in [0, 0.1) is 0 Å². The first-order valence-electron chi connectivity index (χ1n) is 7.17. The summed E-state index contributed by atoms with van der Waals surface area (Å²) in [5, 5.41) is 21.1. The van der Waals surface area contributed by atoms with Crippen molar-refractivity contribution in [3.8, 4) is 17.1 Å². The van der Waals surface area contributed by atoms with Crippen LogP contribution < -0.4 is 5.32 Å². The van der Waals surface area contributed by atoms with E-state index in [2.05, 4.69) is 21.2 Å². The predicted octanol–water partition coefficient (Wildman–Crippen LogP) is 4.37. The van der Waals surface area contributed by atoms with Crippen molar-refractivity contribution in [3.05, 3.63) is 70.4 Å². The summed E-state index contributed by atoms with van der Waals surface area (Å²) in [7, 11) is 0. The van der Waals surface area contributed by atoms with E-state index in [1.807, 2.05) is 24.3 Å². The number of nitrogens with one attached hydrogen (secondary N) is 1. The van der Waals surface area contributed by atoms with Crippen LogP contribution in [0.15, 0.2) is 63.5 Å². The highest BCUT2D eigenvalue weighted by Crippen LogP contribution is 2.25. The molecule has 0 fully saturated rings. The molecule has 0 bridgehead atoms. The van der Waals surface area contributed by atoms with Gasteiger partial charge in [0.2, 0.25) is 0 Å². The van der Waals surface area contributed by atoms with E-state index >= 15 is 0 Å². The Morgan fingerprint density at radius 3 is 2.36 bits per heavy atom. The summed E-state index contributed by atoms with van der Waals surface area (Å²) in [6.07, 6.45) is 0. The fourth-order valence-corrected chi connectivity index (χ4v) is 2.48. The van der Waals surface area contributed by atoms with E-state index in [1.54, 1.807) is 6.07 Å². The van der Waals surface area contributed by atoms with Gasteiger partial charge in [0, 0.05) is 21.8 Å². The number of aromatic carboxylic acids is 1. The van der Waals surface area contributed by atoms with Crippen LogP contribution in [0.4, 0.5) is 5.69 Å². The van der Waals surface area contributed by atoms with Crippen molar-refractivity contribution >= 4 is 33.5 Å². The Morgan fingerprint density at radius 1 is 1.00 bits per heavy atom. The van der Waals surface area contributed by atoms with Crippen molar-refractivity contribution in [2.24, 2.45) is 0 Å². The zero-order chi connectivity index (χ0) is 18.0. The molecule has 3 N–H and O–H groups in total. The number of anilines is 1. The number of carboxylic acid groups (broad SMARTS) is 1. The lowest BCUT2D eigenvalue weighted by Crippen LogP contribution is -2.11. The molecule has 0 aliphatic heterocycles. The maximum absolute atomic E-state index is 12.2. The number of carbonyl (C=O) groups excluding carboxylic acids is 1. The fourth-order valence-electron chi connectivity index (χ4n) is 2.21. The largest absolute Gasteiger partial charge is 0.507 e. The van der Waals surface area contributed by atoms with Crippen LogP contribution in [0.5, 0.6) is 5.75 Å². The molecule has 1 heterocycles. The molecule has 0 aliphatic carbocycles. The Balaban J connectivity index is 1.77. The third-order valence-electron chi connectivity index (χ3n) is 3.44. The van der Waals surface area contributed by atoms with Gasteiger partial charge in [-0.3, -0.25) is 4.79 Å². The summed E-state index contributed by atoms with van der Waals surface area (Å²) in [4.78, 5) is 23.1. The molecule has 2 aromatic carbocycles. The van der Waals surface area contributed by atoms with E-state index in [9.17, 15) is 14.7 Å². The van der Waals surface area contributed by atoms with E-state index in [0.717, 1.165) is 10.0 Å². The van der Waals surface area contributed by atoms with Crippen molar-refractivity contribution in [2.45, 2.75) is 0 Å². The highest BCUT2D eigenvalue weighted by molar-refractivity contribution is 9.10. The normalized spacial score (nSPS) is 10.4. The molecule has 0 saturated heterocycles. The van der Waals surface area contributed by atoms with Crippen LogP contribution in [0.25, 0.3) is 11.3 Å². The average molecular weight is 402 g/mol. The molecule has 3 rings (SSSR count). The van der Waals surface area contributed by atoms with Crippen LogP contribution in [0.1, 0.15) is 20.9 Å². The number of amides is 1. The Labute approximate surface area is 150 Å². The van der Waals surface area contributed by atoms with Crippen LogP contribution in [0.3, 0.4) is 0 Å². The minimum absolute atomic E-state index is 0.0970. The molecule has 0 aliphatic rings. The second-order valence-corrected chi connectivity index (χ2v) is 6.08. The number of benzene rings is 2. The van der Waals surface area contributed by atoms with E-state index in [0.29, 0.717) is 5.76 Å². The number of carbonyl (C=O) groups is 2. The van der Waals surface area contributed by atoms with Gasteiger partial charge in [-0.1, -0.05) is 28.1 Å². The fraction of sp³-hybridized carbons (Fsp3) is 0. The van der Waals surface area contributed by atoms with Gasteiger partial charge in [0.1, 0.15) is 17.1 Å². The van der Waals surface area contributed by atoms with Gasteiger partial charge in [0.15, 0.2) is 5.76 Å². The van der Waals surface area contributed by atoms with Crippen molar-refractivity contribution in [3.63, 3.8) is 0 Å². The summed E-state index contributed by atoms with van der Waals surface area (Å²) in [5.41, 5.74) is 0.841. The summed E-state index contributed by atoms with van der Waals surface area (Å²) >= 11 is 3.35.